The van der Waals surface area contributed by atoms with Gasteiger partial charge in [-0.15, -0.1) is 0 Å². The standard InChI is InChI=1S/C12H15O3/c1-12(2,3)15-11(13)9-14-10-7-5-4-6-8-10/h5-8H,9H2,1-3H3. The van der Waals surface area contributed by atoms with Gasteiger partial charge in [-0.2, -0.15) is 0 Å². The van der Waals surface area contributed by atoms with E-state index in [1.165, 1.54) is 0 Å². The Labute approximate surface area is 90.0 Å². The normalized spacial score (nSPS) is 10.9. The van der Waals surface area contributed by atoms with E-state index in [1.807, 2.05) is 20.8 Å². The fourth-order valence-corrected chi connectivity index (χ4v) is 0.981. The zero-order chi connectivity index (χ0) is 11.3. The average molecular weight is 207 g/mol. The largest absolute Gasteiger partial charge is 0.482 e. The van der Waals surface area contributed by atoms with Gasteiger partial charge in [0.05, 0.1) is 0 Å². The van der Waals surface area contributed by atoms with E-state index in [-0.39, 0.29) is 12.6 Å². The summed E-state index contributed by atoms with van der Waals surface area (Å²) < 4.78 is 10.3. The maximum Gasteiger partial charge on any atom is 0.344 e. The molecule has 0 aliphatic rings. The molecular formula is C12H15O3. The minimum Gasteiger partial charge on any atom is -0.482 e. The summed E-state index contributed by atoms with van der Waals surface area (Å²) in [5, 5.41) is 0. The van der Waals surface area contributed by atoms with Gasteiger partial charge in [-0.3, -0.25) is 0 Å². The lowest BCUT2D eigenvalue weighted by Gasteiger charge is -2.19. The fraction of sp³-hybridized carbons (Fsp3) is 0.417. The Bertz CT molecular complexity index is 311. The van der Waals surface area contributed by atoms with E-state index < -0.39 is 5.60 Å². The average Bonchev–Trinajstić information content (AvgIpc) is 2.14. The van der Waals surface area contributed by atoms with Crippen molar-refractivity contribution in [1.29, 1.82) is 0 Å². The lowest BCUT2D eigenvalue weighted by Crippen LogP contribution is -2.27. The molecule has 0 saturated heterocycles. The molecule has 81 valence electrons. The molecule has 1 rings (SSSR count). The van der Waals surface area contributed by atoms with E-state index in [9.17, 15) is 4.79 Å². The van der Waals surface area contributed by atoms with E-state index in [2.05, 4.69) is 6.07 Å². The minimum atomic E-state index is -0.467. The van der Waals surface area contributed by atoms with Gasteiger partial charge in [-0.1, -0.05) is 12.1 Å². The number of hydrogen-bond acceptors (Lipinski definition) is 3. The van der Waals surface area contributed by atoms with Crippen LogP contribution in [0.15, 0.2) is 24.3 Å². The lowest BCUT2D eigenvalue weighted by molar-refractivity contribution is -0.157. The van der Waals surface area contributed by atoms with Gasteiger partial charge in [0.25, 0.3) is 0 Å². The van der Waals surface area contributed by atoms with E-state index >= 15 is 0 Å². The number of hydrogen-bond donors (Lipinski definition) is 0. The molecule has 0 amide bonds. The minimum absolute atomic E-state index is 0.0682. The number of rotatable bonds is 3. The highest BCUT2D eigenvalue weighted by atomic mass is 16.6. The summed E-state index contributed by atoms with van der Waals surface area (Å²) >= 11 is 0. The fourth-order valence-electron chi connectivity index (χ4n) is 0.981. The molecule has 0 saturated carbocycles. The van der Waals surface area contributed by atoms with Crippen molar-refractivity contribution in [2.75, 3.05) is 6.61 Å². The third kappa shape index (κ3) is 5.05. The molecule has 3 nitrogen and oxygen atoms in total. The summed E-state index contributed by atoms with van der Waals surface area (Å²) in [5.74, 6) is 0.273. The van der Waals surface area contributed by atoms with Gasteiger partial charge >= 0.3 is 5.97 Å². The second kappa shape index (κ2) is 4.82. The van der Waals surface area contributed by atoms with E-state index in [0.717, 1.165) is 0 Å². The van der Waals surface area contributed by atoms with Crippen molar-refractivity contribution in [3.63, 3.8) is 0 Å². The van der Waals surface area contributed by atoms with Crippen molar-refractivity contribution >= 4 is 5.97 Å². The molecule has 0 bridgehead atoms. The topological polar surface area (TPSA) is 35.5 Å². The molecule has 0 N–H and O–H groups in total. The van der Waals surface area contributed by atoms with Crippen LogP contribution < -0.4 is 4.74 Å². The van der Waals surface area contributed by atoms with E-state index in [0.29, 0.717) is 5.75 Å². The van der Waals surface area contributed by atoms with Crippen LogP contribution in [0.5, 0.6) is 5.75 Å². The molecular weight excluding hydrogens is 192 g/mol. The Morgan fingerprint density at radius 2 is 1.93 bits per heavy atom. The predicted octanol–water partition coefficient (Wildman–Crippen LogP) is 2.21. The van der Waals surface area contributed by atoms with Crippen LogP contribution in [0, 0.1) is 6.07 Å². The lowest BCUT2D eigenvalue weighted by atomic mass is 10.2. The highest BCUT2D eigenvalue weighted by Crippen LogP contribution is 2.10. The van der Waals surface area contributed by atoms with E-state index in [1.54, 1.807) is 24.3 Å². The molecule has 0 aromatic heterocycles. The van der Waals surface area contributed by atoms with Crippen LogP contribution in [0.1, 0.15) is 20.8 Å². The number of carbonyl (C=O) groups excluding carboxylic acids is 1. The second-order valence-corrected chi connectivity index (χ2v) is 4.11. The molecule has 0 atom stereocenters. The molecule has 1 aromatic rings. The molecule has 0 spiro atoms. The number of carbonyl (C=O) groups is 1. The first-order valence-corrected chi connectivity index (χ1v) is 4.78. The first-order chi connectivity index (χ1) is 6.97. The highest BCUT2D eigenvalue weighted by molar-refractivity contribution is 5.71. The first-order valence-electron chi connectivity index (χ1n) is 4.78. The van der Waals surface area contributed by atoms with Crippen LogP contribution in [0.25, 0.3) is 0 Å². The van der Waals surface area contributed by atoms with Crippen LogP contribution in [0.3, 0.4) is 0 Å². The van der Waals surface area contributed by atoms with Crippen molar-refractivity contribution in [3.05, 3.63) is 30.3 Å². The number of esters is 1. The van der Waals surface area contributed by atoms with Gasteiger partial charge in [0.2, 0.25) is 0 Å². The molecule has 0 aliphatic heterocycles. The summed E-state index contributed by atoms with van der Waals surface area (Å²) in [4.78, 5) is 11.3. The third-order valence-electron chi connectivity index (χ3n) is 1.46. The van der Waals surface area contributed by atoms with Gasteiger partial charge in [-0.05, 0) is 39.0 Å². The summed E-state index contributed by atoms with van der Waals surface area (Å²) in [6.07, 6.45) is 0. The first kappa shape index (κ1) is 11.6. The SMILES string of the molecule is CC(C)(C)OC(=O)COc1cc[c]cc1. The molecule has 0 aliphatic carbocycles. The van der Waals surface area contributed by atoms with Gasteiger partial charge in [0, 0.05) is 0 Å². The highest BCUT2D eigenvalue weighted by Gasteiger charge is 2.16. The monoisotopic (exact) mass is 207 g/mol. The summed E-state index contributed by atoms with van der Waals surface area (Å²) in [6, 6.07) is 9.80. The van der Waals surface area contributed by atoms with Crippen LogP contribution in [-0.4, -0.2) is 18.2 Å². The van der Waals surface area contributed by atoms with Gasteiger partial charge in [0.15, 0.2) is 6.61 Å². The second-order valence-electron chi connectivity index (χ2n) is 4.11. The molecule has 0 heterocycles. The Morgan fingerprint density at radius 1 is 1.33 bits per heavy atom. The van der Waals surface area contributed by atoms with Crippen LogP contribution in [0.2, 0.25) is 0 Å². The van der Waals surface area contributed by atoms with Crippen LogP contribution in [0.4, 0.5) is 0 Å². The summed E-state index contributed by atoms with van der Waals surface area (Å²) in [5.41, 5.74) is -0.467. The molecule has 0 fully saturated rings. The van der Waals surface area contributed by atoms with Gasteiger partial charge in [-0.25, -0.2) is 4.79 Å². The van der Waals surface area contributed by atoms with Crippen LogP contribution >= 0.6 is 0 Å². The van der Waals surface area contributed by atoms with Crippen molar-refractivity contribution in [3.8, 4) is 5.75 Å². The summed E-state index contributed by atoms with van der Waals surface area (Å²) in [7, 11) is 0. The quantitative estimate of drug-likeness (QED) is 0.713. The maximum absolute atomic E-state index is 11.3. The Kier molecular flexibility index (Phi) is 3.72. The predicted molar refractivity (Wildman–Crippen MR) is 56.6 cm³/mol. The Morgan fingerprint density at radius 3 is 2.47 bits per heavy atom. The van der Waals surface area contributed by atoms with Crippen molar-refractivity contribution in [2.24, 2.45) is 0 Å². The van der Waals surface area contributed by atoms with E-state index in [4.69, 9.17) is 9.47 Å². The maximum atomic E-state index is 11.3. The number of benzene rings is 1. The summed E-state index contributed by atoms with van der Waals surface area (Å²) in [6.45, 7) is 5.40. The zero-order valence-corrected chi connectivity index (χ0v) is 9.24. The molecule has 1 radical (unpaired) electrons. The van der Waals surface area contributed by atoms with Crippen molar-refractivity contribution in [2.45, 2.75) is 26.4 Å². The Hall–Kier alpha value is -1.51. The third-order valence-corrected chi connectivity index (χ3v) is 1.46. The van der Waals surface area contributed by atoms with Crippen molar-refractivity contribution in [1.82, 2.24) is 0 Å². The van der Waals surface area contributed by atoms with Gasteiger partial charge in [0.1, 0.15) is 11.4 Å². The Balaban J connectivity index is 2.35. The molecule has 15 heavy (non-hydrogen) atoms. The smallest absolute Gasteiger partial charge is 0.344 e. The molecule has 1 aromatic carbocycles. The molecule has 0 unspecified atom stereocenters. The molecule has 3 heteroatoms. The zero-order valence-electron chi connectivity index (χ0n) is 9.24. The number of ether oxygens (including phenoxy) is 2. The van der Waals surface area contributed by atoms with Crippen LogP contribution in [-0.2, 0) is 9.53 Å². The van der Waals surface area contributed by atoms with Gasteiger partial charge < -0.3 is 9.47 Å². The van der Waals surface area contributed by atoms with Crippen molar-refractivity contribution < 1.29 is 14.3 Å².